The number of likely N-dealkylation sites (tertiary alicyclic amines) is 1. The number of rotatable bonds is 5. The van der Waals surface area contributed by atoms with Crippen LogP contribution in [0.4, 0.5) is 11.8 Å². The summed E-state index contributed by atoms with van der Waals surface area (Å²) in [5.41, 5.74) is 10.2. The van der Waals surface area contributed by atoms with Crippen LogP contribution >= 0.6 is 0 Å². The average molecular weight is 406 g/mol. The topological polar surface area (TPSA) is 67.1 Å². The number of aromatic nitrogens is 2. The normalized spacial score (nSPS) is 23.8. The van der Waals surface area contributed by atoms with Crippen molar-refractivity contribution in [2.75, 3.05) is 30.7 Å². The predicted molar refractivity (Wildman–Crippen MR) is 123 cm³/mol. The maximum Gasteiger partial charge on any atom is 0.222 e. The molecule has 2 aromatic rings. The summed E-state index contributed by atoms with van der Waals surface area (Å²) in [6.07, 6.45) is 12.4. The van der Waals surface area contributed by atoms with E-state index in [9.17, 15) is 0 Å². The fraction of sp³-hybridized carbons (Fsp3) is 0.600. The van der Waals surface area contributed by atoms with Crippen LogP contribution in [0.15, 0.2) is 30.3 Å². The van der Waals surface area contributed by atoms with Gasteiger partial charge in [-0.15, -0.1) is 0 Å². The molecule has 1 atom stereocenters. The third kappa shape index (κ3) is 4.04. The fourth-order valence-electron chi connectivity index (χ4n) is 5.96. The van der Waals surface area contributed by atoms with E-state index < -0.39 is 0 Å². The summed E-state index contributed by atoms with van der Waals surface area (Å²) in [6, 6.07) is 10.8. The van der Waals surface area contributed by atoms with Gasteiger partial charge in [-0.25, -0.2) is 4.98 Å². The molecule has 1 aromatic carbocycles. The summed E-state index contributed by atoms with van der Waals surface area (Å²) >= 11 is 0. The van der Waals surface area contributed by atoms with E-state index in [1.54, 1.807) is 0 Å². The quantitative estimate of drug-likeness (QED) is 0.752. The molecule has 5 rings (SSSR count). The molecule has 1 unspecified atom stereocenters. The lowest BCUT2D eigenvalue weighted by Gasteiger charge is -2.42. The predicted octanol–water partition coefficient (Wildman–Crippen LogP) is 4.74. The molecule has 5 heteroatoms. The summed E-state index contributed by atoms with van der Waals surface area (Å²) in [5, 5.41) is 3.99. The minimum atomic E-state index is 0.122. The van der Waals surface area contributed by atoms with Gasteiger partial charge in [0.2, 0.25) is 5.95 Å². The number of benzene rings is 1. The highest BCUT2D eigenvalue weighted by atomic mass is 15.2. The number of anilines is 2. The van der Waals surface area contributed by atoms with Gasteiger partial charge in [-0.1, -0.05) is 49.6 Å². The van der Waals surface area contributed by atoms with Gasteiger partial charge >= 0.3 is 0 Å². The molecular formula is C25H35N5. The zero-order valence-electron chi connectivity index (χ0n) is 18.1. The molecule has 0 amide bonds. The molecule has 3 N–H and O–H groups in total. The van der Waals surface area contributed by atoms with Gasteiger partial charge in [0.25, 0.3) is 0 Å². The summed E-state index contributed by atoms with van der Waals surface area (Å²) in [7, 11) is 0. The van der Waals surface area contributed by atoms with Crippen LogP contribution in [-0.2, 0) is 6.42 Å². The number of nitrogens with zero attached hydrogens (tertiary/aromatic N) is 3. The molecule has 30 heavy (non-hydrogen) atoms. The smallest absolute Gasteiger partial charge is 0.222 e. The molecule has 2 aliphatic carbocycles. The van der Waals surface area contributed by atoms with Crippen LogP contribution in [0.5, 0.6) is 0 Å². The number of nitrogens with two attached hydrogens (primary N) is 1. The number of nitrogens with one attached hydrogen (secondary N) is 1. The van der Waals surface area contributed by atoms with Crippen LogP contribution in [0, 0.1) is 0 Å². The summed E-state index contributed by atoms with van der Waals surface area (Å²) in [6.45, 7) is 3.61. The van der Waals surface area contributed by atoms with Crippen LogP contribution in [0.1, 0.15) is 80.5 Å². The Hall–Kier alpha value is -2.14. The highest BCUT2D eigenvalue weighted by Crippen LogP contribution is 2.40. The minimum Gasteiger partial charge on any atom is -0.368 e. The standard InChI is InChI=1S/C25H35N5/c26-24-27-22-20(19-10-3-1-4-11-19)12-9-13-21(22)23(28-24)29-25(14-5-2-6-15-25)18-30-16-7-8-17-30/h1,3-4,10-11,20H,2,5-9,12-18H2,(H3,26,27,28,29). The molecule has 1 saturated heterocycles. The van der Waals surface area contributed by atoms with Crippen molar-refractivity contribution in [3.8, 4) is 0 Å². The van der Waals surface area contributed by atoms with Crippen molar-refractivity contribution in [3.63, 3.8) is 0 Å². The zero-order valence-corrected chi connectivity index (χ0v) is 18.1. The Morgan fingerprint density at radius 1 is 0.967 bits per heavy atom. The van der Waals surface area contributed by atoms with E-state index in [1.165, 1.54) is 75.6 Å². The van der Waals surface area contributed by atoms with Crippen LogP contribution in [0.2, 0.25) is 0 Å². The lowest BCUT2D eigenvalue weighted by atomic mass is 9.79. The number of hydrogen-bond acceptors (Lipinski definition) is 5. The van der Waals surface area contributed by atoms with Crippen molar-refractivity contribution in [2.45, 2.75) is 75.7 Å². The second kappa shape index (κ2) is 8.54. The molecule has 0 bridgehead atoms. The zero-order chi connectivity index (χ0) is 20.4. The van der Waals surface area contributed by atoms with Crippen LogP contribution in [0.25, 0.3) is 0 Å². The van der Waals surface area contributed by atoms with Gasteiger partial charge in [0.15, 0.2) is 0 Å². The van der Waals surface area contributed by atoms with Gasteiger partial charge in [-0.3, -0.25) is 0 Å². The maximum atomic E-state index is 6.26. The van der Waals surface area contributed by atoms with Crippen LogP contribution < -0.4 is 11.1 Å². The Balaban J connectivity index is 1.48. The Morgan fingerprint density at radius 3 is 2.50 bits per heavy atom. The lowest BCUT2D eigenvalue weighted by molar-refractivity contribution is 0.214. The van der Waals surface area contributed by atoms with Crippen molar-refractivity contribution in [1.82, 2.24) is 14.9 Å². The SMILES string of the molecule is Nc1nc(NC2(CN3CCCC3)CCCCC2)c2c(n1)C(c1ccccc1)CCC2. The van der Waals surface area contributed by atoms with Crippen molar-refractivity contribution < 1.29 is 0 Å². The molecule has 160 valence electrons. The molecule has 3 aliphatic rings. The first-order valence-corrected chi connectivity index (χ1v) is 11.9. The van der Waals surface area contributed by atoms with Gasteiger partial charge < -0.3 is 16.0 Å². The first-order chi connectivity index (χ1) is 14.7. The second-order valence-electron chi connectivity index (χ2n) is 9.60. The molecule has 0 radical (unpaired) electrons. The molecule has 1 saturated carbocycles. The van der Waals surface area contributed by atoms with E-state index in [2.05, 4.69) is 40.5 Å². The second-order valence-corrected chi connectivity index (χ2v) is 9.60. The van der Waals surface area contributed by atoms with E-state index in [0.717, 1.165) is 30.9 Å². The third-order valence-electron chi connectivity index (χ3n) is 7.43. The molecule has 2 fully saturated rings. The van der Waals surface area contributed by atoms with Gasteiger partial charge in [-0.2, -0.15) is 4.98 Å². The maximum absolute atomic E-state index is 6.26. The Labute approximate surface area is 180 Å². The van der Waals surface area contributed by atoms with Crippen LogP contribution in [0.3, 0.4) is 0 Å². The van der Waals surface area contributed by atoms with Crippen molar-refractivity contribution >= 4 is 11.8 Å². The van der Waals surface area contributed by atoms with E-state index in [0.29, 0.717) is 11.9 Å². The van der Waals surface area contributed by atoms with Gasteiger partial charge in [-0.05, 0) is 63.6 Å². The van der Waals surface area contributed by atoms with Gasteiger partial charge in [0.05, 0.1) is 11.2 Å². The molecule has 0 spiro atoms. The molecule has 1 aromatic heterocycles. The van der Waals surface area contributed by atoms with E-state index in [-0.39, 0.29) is 5.54 Å². The van der Waals surface area contributed by atoms with E-state index in [1.807, 2.05) is 0 Å². The van der Waals surface area contributed by atoms with Crippen molar-refractivity contribution in [1.29, 1.82) is 0 Å². The lowest BCUT2D eigenvalue weighted by Crippen LogP contribution is -2.50. The van der Waals surface area contributed by atoms with Gasteiger partial charge in [0, 0.05) is 18.0 Å². The van der Waals surface area contributed by atoms with Crippen LogP contribution in [-0.4, -0.2) is 40.0 Å². The monoisotopic (exact) mass is 405 g/mol. The Bertz CT molecular complexity index is 853. The van der Waals surface area contributed by atoms with Crippen molar-refractivity contribution in [2.24, 2.45) is 0 Å². The fourth-order valence-corrected chi connectivity index (χ4v) is 5.96. The van der Waals surface area contributed by atoms with Crippen molar-refractivity contribution in [3.05, 3.63) is 47.2 Å². The third-order valence-corrected chi connectivity index (χ3v) is 7.43. The first kappa shape index (κ1) is 19.8. The van der Waals surface area contributed by atoms with E-state index in [4.69, 9.17) is 15.7 Å². The average Bonchev–Trinajstić information content (AvgIpc) is 3.27. The number of fused-ring (bicyclic) bond motifs is 1. The summed E-state index contributed by atoms with van der Waals surface area (Å²) < 4.78 is 0. The minimum absolute atomic E-state index is 0.122. The molecular weight excluding hydrogens is 370 g/mol. The first-order valence-electron chi connectivity index (χ1n) is 11.9. The highest BCUT2D eigenvalue weighted by molar-refractivity contribution is 5.55. The molecule has 2 heterocycles. The largest absolute Gasteiger partial charge is 0.368 e. The molecule has 5 nitrogen and oxygen atoms in total. The van der Waals surface area contributed by atoms with E-state index >= 15 is 0 Å². The van der Waals surface area contributed by atoms with Gasteiger partial charge in [0.1, 0.15) is 5.82 Å². The number of nitrogen functional groups attached to an aromatic ring is 1. The Morgan fingerprint density at radius 2 is 1.73 bits per heavy atom. The summed E-state index contributed by atoms with van der Waals surface area (Å²) in [4.78, 5) is 12.2. The Kier molecular flexibility index (Phi) is 5.64. The molecule has 1 aliphatic heterocycles. The highest BCUT2D eigenvalue weighted by Gasteiger charge is 2.37. The number of hydrogen-bond donors (Lipinski definition) is 2. The summed E-state index contributed by atoms with van der Waals surface area (Å²) in [5.74, 6) is 1.74.